The van der Waals surface area contributed by atoms with E-state index in [1.54, 1.807) is 0 Å². The number of rotatable bonds is 8. The van der Waals surface area contributed by atoms with Gasteiger partial charge in [0.2, 0.25) is 23.6 Å². The van der Waals surface area contributed by atoms with Crippen LogP contribution < -0.4 is 0 Å². The second-order valence-electron chi connectivity index (χ2n) is 10.9. The van der Waals surface area contributed by atoms with Gasteiger partial charge in [0.05, 0.1) is 17.8 Å². The van der Waals surface area contributed by atoms with Crippen LogP contribution in [-0.2, 0) is 19.2 Å². The minimum atomic E-state index is -0.505. The Morgan fingerprint density at radius 2 is 1.50 bits per heavy atom. The zero-order chi connectivity index (χ0) is 24.0. The molecule has 6 nitrogen and oxygen atoms in total. The van der Waals surface area contributed by atoms with E-state index in [0.29, 0.717) is 19.3 Å². The molecule has 2 aliphatic heterocycles. The first kappa shape index (κ1) is 24.7. The molecule has 32 heavy (non-hydrogen) atoms. The van der Waals surface area contributed by atoms with Gasteiger partial charge in [-0.2, -0.15) is 0 Å². The number of unbranched alkanes of at least 4 members (excludes halogenated alkanes) is 1. The van der Waals surface area contributed by atoms with E-state index in [1.807, 2.05) is 47.6 Å². The lowest BCUT2D eigenvalue weighted by atomic mass is 9.71. The van der Waals surface area contributed by atoms with E-state index in [9.17, 15) is 19.2 Å². The van der Waals surface area contributed by atoms with Crippen LogP contribution in [0.2, 0.25) is 0 Å². The summed E-state index contributed by atoms with van der Waals surface area (Å²) in [6.45, 7) is 13.9. The van der Waals surface area contributed by atoms with E-state index in [4.69, 9.17) is 0 Å². The molecule has 3 rings (SSSR count). The van der Waals surface area contributed by atoms with Gasteiger partial charge in [0, 0.05) is 17.5 Å². The number of likely N-dealkylation sites (tertiary alicyclic amines) is 2. The summed E-state index contributed by atoms with van der Waals surface area (Å²) in [6.07, 6.45) is 6.83. The zero-order valence-corrected chi connectivity index (χ0v) is 20.9. The second-order valence-corrected chi connectivity index (χ2v) is 10.9. The summed E-state index contributed by atoms with van der Waals surface area (Å²) in [6, 6.07) is 0. The van der Waals surface area contributed by atoms with Crippen molar-refractivity contribution in [3.63, 3.8) is 0 Å². The maximum absolute atomic E-state index is 13.4. The number of carbonyl (C=O) groups excluding carboxylic acids is 4. The molecule has 3 aliphatic rings. The lowest BCUT2D eigenvalue weighted by Crippen LogP contribution is -2.49. The third kappa shape index (κ3) is 3.84. The van der Waals surface area contributed by atoms with Crippen LogP contribution in [0.1, 0.15) is 93.4 Å². The molecule has 0 saturated carbocycles. The Labute approximate surface area is 192 Å². The predicted molar refractivity (Wildman–Crippen MR) is 123 cm³/mol. The number of allylic oxidation sites excluding steroid dienone is 1. The van der Waals surface area contributed by atoms with Crippen LogP contribution in [0.25, 0.3) is 0 Å². The Morgan fingerprint density at radius 3 is 2.06 bits per heavy atom. The minimum Gasteiger partial charge on any atom is -0.277 e. The van der Waals surface area contributed by atoms with Crippen molar-refractivity contribution < 1.29 is 19.2 Å². The molecule has 2 fully saturated rings. The fraction of sp³-hybridized carbons (Fsp3) is 0.769. The summed E-state index contributed by atoms with van der Waals surface area (Å²) in [5, 5.41) is 0. The van der Waals surface area contributed by atoms with E-state index in [2.05, 4.69) is 6.92 Å². The average molecular weight is 445 g/mol. The van der Waals surface area contributed by atoms with Gasteiger partial charge >= 0.3 is 0 Å². The van der Waals surface area contributed by atoms with E-state index >= 15 is 0 Å². The summed E-state index contributed by atoms with van der Waals surface area (Å²) in [7, 11) is 0. The lowest BCUT2D eigenvalue weighted by molar-refractivity contribution is -0.148. The van der Waals surface area contributed by atoms with E-state index in [0.717, 1.165) is 24.8 Å². The molecule has 0 aromatic heterocycles. The maximum atomic E-state index is 13.4. The molecule has 4 amide bonds. The van der Waals surface area contributed by atoms with Gasteiger partial charge in [-0.3, -0.25) is 29.0 Å². The van der Waals surface area contributed by atoms with Crippen molar-refractivity contribution in [1.29, 1.82) is 0 Å². The van der Waals surface area contributed by atoms with Gasteiger partial charge in [0.25, 0.3) is 0 Å². The van der Waals surface area contributed by atoms with Gasteiger partial charge in [0.1, 0.15) is 0 Å². The first-order valence-electron chi connectivity index (χ1n) is 12.4. The van der Waals surface area contributed by atoms with Crippen LogP contribution in [0.5, 0.6) is 0 Å². The molecular weight excluding hydrogens is 404 g/mol. The van der Waals surface area contributed by atoms with Gasteiger partial charge in [-0.05, 0) is 59.3 Å². The van der Waals surface area contributed by atoms with Gasteiger partial charge in [-0.1, -0.05) is 45.3 Å². The molecule has 0 bridgehead atoms. The molecule has 0 radical (unpaired) electrons. The third-order valence-electron chi connectivity index (χ3n) is 8.43. The number of carbonyl (C=O) groups is 4. The van der Waals surface area contributed by atoms with Gasteiger partial charge in [0.15, 0.2) is 0 Å². The number of fused-ring (bicyclic) bond motifs is 1. The summed E-state index contributed by atoms with van der Waals surface area (Å²) < 4.78 is 0. The highest BCUT2D eigenvalue weighted by molar-refractivity contribution is 6.08. The maximum Gasteiger partial charge on any atom is 0.237 e. The van der Waals surface area contributed by atoms with Crippen molar-refractivity contribution in [2.24, 2.45) is 23.7 Å². The molecule has 4 unspecified atom stereocenters. The largest absolute Gasteiger partial charge is 0.277 e. The predicted octanol–water partition coefficient (Wildman–Crippen LogP) is 4.48. The summed E-state index contributed by atoms with van der Waals surface area (Å²) in [5.41, 5.74) is -0.124. The van der Waals surface area contributed by atoms with Crippen molar-refractivity contribution in [3.05, 3.63) is 11.6 Å². The molecule has 6 heteroatoms. The summed E-state index contributed by atoms with van der Waals surface area (Å²) >= 11 is 0. The molecule has 0 aromatic carbocycles. The number of hydrogen-bond acceptors (Lipinski definition) is 4. The van der Waals surface area contributed by atoms with E-state index < -0.39 is 28.8 Å². The van der Waals surface area contributed by atoms with Crippen LogP contribution in [-0.4, -0.2) is 44.5 Å². The summed E-state index contributed by atoms with van der Waals surface area (Å²) in [5.74, 6) is -1.94. The first-order chi connectivity index (χ1) is 14.9. The van der Waals surface area contributed by atoms with Crippen LogP contribution in [0.15, 0.2) is 11.6 Å². The lowest BCUT2D eigenvalue weighted by Gasteiger charge is -2.36. The second kappa shape index (κ2) is 8.75. The van der Waals surface area contributed by atoms with Crippen molar-refractivity contribution in [2.75, 3.05) is 0 Å². The normalized spacial score (nSPS) is 29.2. The van der Waals surface area contributed by atoms with Gasteiger partial charge in [-0.15, -0.1) is 0 Å². The molecule has 2 saturated heterocycles. The Morgan fingerprint density at radius 1 is 0.906 bits per heavy atom. The van der Waals surface area contributed by atoms with Gasteiger partial charge < -0.3 is 0 Å². The monoisotopic (exact) mass is 444 g/mol. The molecule has 0 spiro atoms. The Kier molecular flexibility index (Phi) is 6.74. The molecule has 2 heterocycles. The fourth-order valence-electron chi connectivity index (χ4n) is 6.01. The van der Waals surface area contributed by atoms with E-state index in [-0.39, 0.29) is 36.0 Å². The highest BCUT2D eigenvalue weighted by Crippen LogP contribution is 2.47. The molecule has 1 aliphatic carbocycles. The molecule has 0 aromatic rings. The fourth-order valence-corrected chi connectivity index (χ4v) is 6.01. The van der Waals surface area contributed by atoms with Crippen LogP contribution in [0.3, 0.4) is 0 Å². The van der Waals surface area contributed by atoms with Crippen LogP contribution >= 0.6 is 0 Å². The SMILES string of the molecule is CCCCC(C)(C)N1C(=O)CC(C2C=C(C)C3C(=O)N(C(C)(CC)CC)C(=O)C3C2)C1=O. The van der Waals surface area contributed by atoms with E-state index in [1.165, 1.54) is 9.80 Å². The number of imide groups is 2. The number of nitrogens with zero attached hydrogens (tertiary/aromatic N) is 2. The smallest absolute Gasteiger partial charge is 0.237 e. The highest BCUT2D eigenvalue weighted by Gasteiger charge is 2.57. The van der Waals surface area contributed by atoms with Crippen molar-refractivity contribution in [2.45, 2.75) is 104 Å². The zero-order valence-electron chi connectivity index (χ0n) is 20.9. The van der Waals surface area contributed by atoms with Gasteiger partial charge in [-0.25, -0.2) is 0 Å². The highest BCUT2D eigenvalue weighted by atomic mass is 16.2. The average Bonchev–Trinajstić information content (AvgIpc) is 3.19. The van der Waals surface area contributed by atoms with Crippen molar-refractivity contribution in [3.8, 4) is 0 Å². The standard InChI is InChI=1S/C26H40N2O4/c1-8-11-12-25(5,6)27-20(29)15-18(22(27)30)17-13-16(4)21-19(14-17)23(31)28(24(21)32)26(7,9-2)10-3/h13,17-19,21H,8-12,14-15H2,1-7H3. The topological polar surface area (TPSA) is 74.8 Å². The first-order valence-corrected chi connectivity index (χ1v) is 12.4. The quantitative estimate of drug-likeness (QED) is 0.409. The van der Waals surface area contributed by atoms with Crippen molar-refractivity contribution >= 4 is 23.6 Å². The molecule has 178 valence electrons. The summed E-state index contributed by atoms with van der Waals surface area (Å²) in [4.78, 5) is 56.0. The molecule has 4 atom stereocenters. The Balaban J connectivity index is 1.86. The molecular formula is C26H40N2O4. The van der Waals surface area contributed by atoms with Crippen LogP contribution in [0, 0.1) is 23.7 Å². The Hall–Kier alpha value is -1.98. The third-order valence-corrected chi connectivity index (χ3v) is 8.43. The number of hydrogen-bond donors (Lipinski definition) is 0. The van der Waals surface area contributed by atoms with Crippen molar-refractivity contribution in [1.82, 2.24) is 9.80 Å². The number of amides is 4. The van der Waals surface area contributed by atoms with Crippen LogP contribution in [0.4, 0.5) is 0 Å². The molecule has 0 N–H and O–H groups in total. The minimum absolute atomic E-state index is 0.102. The Bertz CT molecular complexity index is 839.